The molecule has 0 saturated heterocycles. The number of benzene rings is 1. The largest absolute Gasteiger partial charge is 0.390 e. The van der Waals surface area contributed by atoms with Gasteiger partial charge in [-0.2, -0.15) is 4.37 Å². The summed E-state index contributed by atoms with van der Waals surface area (Å²) in [5.41, 5.74) is 0.892. The minimum atomic E-state index is -0.389. The maximum Gasteiger partial charge on any atom is 0.117 e. The van der Waals surface area contributed by atoms with Gasteiger partial charge in [-0.1, -0.05) is 25.4 Å². The number of halogens is 1. The van der Waals surface area contributed by atoms with Crippen LogP contribution in [0.15, 0.2) is 18.2 Å². The molecule has 1 atom stereocenters. The van der Waals surface area contributed by atoms with Crippen LogP contribution in [0.3, 0.4) is 0 Å². The van der Waals surface area contributed by atoms with Crippen LogP contribution in [0.25, 0.3) is 10.9 Å². The van der Waals surface area contributed by atoms with Crippen molar-refractivity contribution in [1.82, 2.24) is 9.27 Å². The zero-order chi connectivity index (χ0) is 14.5. The number of aliphatic hydroxyl groups excluding tert-OH is 1. The van der Waals surface area contributed by atoms with Gasteiger partial charge in [0.25, 0.3) is 0 Å². The summed E-state index contributed by atoms with van der Waals surface area (Å²) in [6, 6.07) is 5.67. The minimum Gasteiger partial charge on any atom is -0.390 e. The number of likely N-dealkylation sites (N-methyl/N-ethyl adjacent to an activating group) is 1. The minimum absolute atomic E-state index is 0.389. The summed E-state index contributed by atoms with van der Waals surface area (Å²) in [5.74, 6) is 0. The number of aromatic nitrogens is 1. The van der Waals surface area contributed by atoms with Crippen LogP contribution in [0.5, 0.6) is 0 Å². The van der Waals surface area contributed by atoms with E-state index in [0.717, 1.165) is 29.0 Å². The van der Waals surface area contributed by atoms with Gasteiger partial charge in [0.2, 0.25) is 0 Å². The number of anilines is 1. The van der Waals surface area contributed by atoms with Crippen molar-refractivity contribution < 1.29 is 5.11 Å². The first-order chi connectivity index (χ1) is 9.63. The first-order valence-corrected chi connectivity index (χ1v) is 7.98. The molecule has 0 amide bonds. The van der Waals surface area contributed by atoms with Gasteiger partial charge in [-0.3, -0.25) is 0 Å². The van der Waals surface area contributed by atoms with E-state index in [-0.39, 0.29) is 6.10 Å². The molecule has 0 spiro atoms. The Morgan fingerprint density at radius 2 is 2.15 bits per heavy atom. The number of hydrogen-bond donors (Lipinski definition) is 2. The molecule has 20 heavy (non-hydrogen) atoms. The fourth-order valence-electron chi connectivity index (χ4n) is 2.10. The monoisotopic (exact) mass is 313 g/mol. The van der Waals surface area contributed by atoms with Gasteiger partial charge in [-0.15, -0.1) is 0 Å². The Labute approximate surface area is 128 Å². The normalized spacial score (nSPS) is 13.1. The summed E-state index contributed by atoms with van der Waals surface area (Å²) in [4.78, 5) is 2.21. The molecule has 1 heterocycles. The Bertz CT molecular complexity index is 556. The second-order valence-electron chi connectivity index (χ2n) is 4.69. The lowest BCUT2D eigenvalue weighted by molar-refractivity contribution is 0.128. The number of hydrogen-bond acceptors (Lipinski definition) is 5. The van der Waals surface area contributed by atoms with E-state index < -0.39 is 0 Å². The van der Waals surface area contributed by atoms with E-state index >= 15 is 0 Å². The summed E-state index contributed by atoms with van der Waals surface area (Å²) in [6.45, 7) is 7.32. The molecule has 1 aromatic heterocycles. The quantitative estimate of drug-likeness (QED) is 0.825. The fourth-order valence-corrected chi connectivity index (χ4v) is 3.02. The van der Waals surface area contributed by atoms with Crippen LogP contribution in [0.1, 0.15) is 13.8 Å². The van der Waals surface area contributed by atoms with Crippen molar-refractivity contribution in [3.05, 3.63) is 23.2 Å². The SMILES string of the molecule is CCN(CC)CC(O)CNc1snc2cc(Cl)ccc12. The highest BCUT2D eigenvalue weighted by atomic mass is 35.5. The van der Waals surface area contributed by atoms with E-state index in [0.29, 0.717) is 18.1 Å². The summed E-state index contributed by atoms with van der Waals surface area (Å²) in [5, 5.41) is 16.1. The standard InChI is InChI=1S/C14H20ClN3OS/c1-3-18(4-2)9-11(19)8-16-14-12-6-5-10(15)7-13(12)17-20-14/h5-7,11,16,19H,3-4,8-9H2,1-2H3. The van der Waals surface area contributed by atoms with Gasteiger partial charge in [0.05, 0.1) is 11.6 Å². The van der Waals surface area contributed by atoms with Gasteiger partial charge in [0.1, 0.15) is 5.00 Å². The fraction of sp³-hybridized carbons (Fsp3) is 0.500. The molecule has 0 aliphatic heterocycles. The van der Waals surface area contributed by atoms with E-state index in [4.69, 9.17) is 11.6 Å². The zero-order valence-corrected chi connectivity index (χ0v) is 13.3. The van der Waals surface area contributed by atoms with Gasteiger partial charge >= 0.3 is 0 Å². The maximum atomic E-state index is 10.1. The molecular formula is C14H20ClN3OS. The third-order valence-corrected chi connectivity index (χ3v) is 4.37. The smallest absolute Gasteiger partial charge is 0.117 e. The summed E-state index contributed by atoms with van der Waals surface area (Å²) >= 11 is 7.34. The van der Waals surface area contributed by atoms with Gasteiger partial charge < -0.3 is 15.3 Å². The van der Waals surface area contributed by atoms with Crippen LogP contribution in [0.2, 0.25) is 5.02 Å². The number of fused-ring (bicyclic) bond motifs is 1. The molecule has 0 bridgehead atoms. The van der Waals surface area contributed by atoms with E-state index in [9.17, 15) is 5.11 Å². The molecule has 2 aromatic rings. The Morgan fingerprint density at radius 3 is 2.85 bits per heavy atom. The summed E-state index contributed by atoms with van der Waals surface area (Å²) in [7, 11) is 0. The number of nitrogens with zero attached hydrogens (tertiary/aromatic N) is 2. The van der Waals surface area contributed by atoms with Crippen LogP contribution < -0.4 is 5.32 Å². The second-order valence-corrected chi connectivity index (χ2v) is 5.90. The maximum absolute atomic E-state index is 10.1. The van der Waals surface area contributed by atoms with Crippen molar-refractivity contribution in [3.63, 3.8) is 0 Å². The Hall–Kier alpha value is -0.880. The van der Waals surface area contributed by atoms with Crippen LogP contribution in [-0.4, -0.2) is 46.7 Å². The average Bonchev–Trinajstić information content (AvgIpc) is 2.84. The van der Waals surface area contributed by atoms with Gasteiger partial charge in [0, 0.05) is 23.5 Å². The molecule has 110 valence electrons. The Kier molecular flexibility index (Phi) is 5.60. The van der Waals surface area contributed by atoms with Crippen LogP contribution in [0, 0.1) is 0 Å². The van der Waals surface area contributed by atoms with E-state index in [2.05, 4.69) is 28.4 Å². The van der Waals surface area contributed by atoms with Crippen molar-refractivity contribution in [2.45, 2.75) is 20.0 Å². The van der Waals surface area contributed by atoms with E-state index in [1.165, 1.54) is 11.5 Å². The second kappa shape index (κ2) is 7.22. The molecule has 6 heteroatoms. The highest BCUT2D eigenvalue weighted by Crippen LogP contribution is 2.29. The van der Waals surface area contributed by atoms with E-state index in [1.54, 1.807) is 0 Å². The zero-order valence-electron chi connectivity index (χ0n) is 11.8. The lowest BCUT2D eigenvalue weighted by Crippen LogP contribution is -2.35. The third-order valence-electron chi connectivity index (χ3n) is 3.30. The average molecular weight is 314 g/mol. The number of rotatable bonds is 7. The van der Waals surface area contributed by atoms with Crippen LogP contribution in [-0.2, 0) is 0 Å². The third kappa shape index (κ3) is 3.82. The van der Waals surface area contributed by atoms with Gasteiger partial charge in [0.15, 0.2) is 0 Å². The van der Waals surface area contributed by atoms with Crippen LogP contribution >= 0.6 is 23.1 Å². The van der Waals surface area contributed by atoms with Crippen molar-refractivity contribution in [3.8, 4) is 0 Å². The lowest BCUT2D eigenvalue weighted by atomic mass is 10.2. The molecule has 0 aliphatic carbocycles. The molecule has 4 nitrogen and oxygen atoms in total. The molecule has 0 saturated carbocycles. The van der Waals surface area contributed by atoms with Crippen molar-refractivity contribution >= 4 is 39.0 Å². The number of aliphatic hydroxyl groups is 1. The van der Waals surface area contributed by atoms with Crippen molar-refractivity contribution in [2.24, 2.45) is 0 Å². The molecule has 0 aliphatic rings. The first-order valence-electron chi connectivity index (χ1n) is 6.83. The molecule has 2 N–H and O–H groups in total. The lowest BCUT2D eigenvalue weighted by Gasteiger charge is -2.22. The molecule has 2 rings (SSSR count). The molecule has 0 radical (unpaired) electrons. The Morgan fingerprint density at radius 1 is 1.40 bits per heavy atom. The number of nitrogens with one attached hydrogen (secondary N) is 1. The first kappa shape index (κ1) is 15.5. The van der Waals surface area contributed by atoms with E-state index in [1.807, 2.05) is 18.2 Å². The van der Waals surface area contributed by atoms with Gasteiger partial charge in [-0.25, -0.2) is 0 Å². The predicted octanol–water partition coefficient (Wildman–Crippen LogP) is 3.06. The van der Waals surface area contributed by atoms with Gasteiger partial charge in [-0.05, 0) is 42.8 Å². The van der Waals surface area contributed by atoms with Crippen LogP contribution in [0.4, 0.5) is 5.00 Å². The topological polar surface area (TPSA) is 48.4 Å². The predicted molar refractivity (Wildman–Crippen MR) is 86.9 cm³/mol. The molecular weight excluding hydrogens is 294 g/mol. The highest BCUT2D eigenvalue weighted by molar-refractivity contribution is 7.11. The Balaban J connectivity index is 1.95. The summed E-state index contributed by atoms with van der Waals surface area (Å²) < 4.78 is 4.35. The molecule has 1 unspecified atom stereocenters. The molecule has 1 aromatic carbocycles. The molecule has 0 fully saturated rings. The highest BCUT2D eigenvalue weighted by Gasteiger charge is 2.11. The summed E-state index contributed by atoms with van der Waals surface area (Å²) in [6.07, 6.45) is -0.389. The van der Waals surface area contributed by atoms with Crippen molar-refractivity contribution in [2.75, 3.05) is 31.5 Å². The van der Waals surface area contributed by atoms with Crippen molar-refractivity contribution in [1.29, 1.82) is 0 Å².